The van der Waals surface area contributed by atoms with Crippen molar-refractivity contribution in [2.75, 3.05) is 0 Å². The van der Waals surface area contributed by atoms with Crippen LogP contribution in [0.2, 0.25) is 0 Å². The van der Waals surface area contributed by atoms with E-state index in [4.69, 9.17) is 10.9 Å². The summed E-state index contributed by atoms with van der Waals surface area (Å²) in [4.78, 5) is 11.9. The van der Waals surface area contributed by atoms with E-state index in [0.717, 1.165) is 6.42 Å². The summed E-state index contributed by atoms with van der Waals surface area (Å²) in [6, 6.07) is 9.53. The zero-order valence-corrected chi connectivity index (χ0v) is 10.2. The van der Waals surface area contributed by atoms with E-state index < -0.39 is 6.04 Å². The van der Waals surface area contributed by atoms with Crippen LogP contribution >= 0.6 is 0 Å². The van der Waals surface area contributed by atoms with Crippen LogP contribution in [0.15, 0.2) is 35.5 Å². The average Bonchev–Trinajstić information content (AvgIpc) is 3.19. The smallest absolute Gasteiger partial charge is 0.224 e. The second-order valence-corrected chi connectivity index (χ2v) is 4.61. The molecule has 18 heavy (non-hydrogen) atoms. The maximum Gasteiger partial charge on any atom is 0.224 e. The first-order chi connectivity index (χ1) is 8.63. The van der Waals surface area contributed by atoms with Gasteiger partial charge >= 0.3 is 0 Å². The van der Waals surface area contributed by atoms with Gasteiger partial charge in [-0.1, -0.05) is 35.5 Å². The van der Waals surface area contributed by atoms with Gasteiger partial charge in [0.25, 0.3) is 0 Å². The number of nitrogens with one attached hydrogen (secondary N) is 1. The zero-order valence-electron chi connectivity index (χ0n) is 10.2. The van der Waals surface area contributed by atoms with Crippen LogP contribution in [0.1, 0.15) is 24.8 Å². The minimum absolute atomic E-state index is 0.00124. The number of hydrogen-bond acceptors (Lipinski definition) is 3. The van der Waals surface area contributed by atoms with Crippen LogP contribution in [0, 0.1) is 5.92 Å². The molecule has 1 aromatic carbocycles. The van der Waals surface area contributed by atoms with E-state index in [1.165, 1.54) is 5.56 Å². The predicted octanol–water partition coefficient (Wildman–Crippen LogP) is 1.04. The van der Waals surface area contributed by atoms with Crippen LogP contribution < -0.4 is 11.1 Å². The van der Waals surface area contributed by atoms with Gasteiger partial charge in [-0.2, -0.15) is 0 Å². The first-order valence-corrected chi connectivity index (χ1v) is 5.96. The molecule has 3 unspecified atom stereocenters. The molecule has 0 saturated heterocycles. The molecule has 5 nitrogen and oxygen atoms in total. The van der Waals surface area contributed by atoms with Crippen LogP contribution in [0.5, 0.6) is 0 Å². The highest BCUT2D eigenvalue weighted by molar-refractivity contribution is 5.91. The first kappa shape index (κ1) is 12.4. The summed E-state index contributed by atoms with van der Waals surface area (Å²) in [7, 11) is 0. The monoisotopic (exact) mass is 247 g/mol. The lowest BCUT2D eigenvalue weighted by molar-refractivity contribution is -0.122. The highest BCUT2D eigenvalue weighted by Crippen LogP contribution is 2.47. The number of carbonyl (C=O) groups excluding carboxylic acids is 1. The summed E-state index contributed by atoms with van der Waals surface area (Å²) in [6.45, 7) is 1.69. The summed E-state index contributed by atoms with van der Waals surface area (Å²) in [5, 5.41) is 14.1. The number of amides is 1. The Kier molecular flexibility index (Phi) is 3.50. The molecule has 1 aliphatic carbocycles. The third kappa shape index (κ3) is 2.61. The Morgan fingerprint density at radius 1 is 1.50 bits per heavy atom. The van der Waals surface area contributed by atoms with Crippen LogP contribution in [0.4, 0.5) is 0 Å². The number of oxime groups is 1. The van der Waals surface area contributed by atoms with Crippen molar-refractivity contribution >= 4 is 11.7 Å². The second-order valence-electron chi connectivity index (χ2n) is 4.61. The normalized spacial score (nSPS) is 24.4. The van der Waals surface area contributed by atoms with Gasteiger partial charge in [0.1, 0.15) is 0 Å². The summed E-state index contributed by atoms with van der Waals surface area (Å²) in [5.41, 5.74) is 6.61. The predicted molar refractivity (Wildman–Crippen MR) is 68.3 cm³/mol. The van der Waals surface area contributed by atoms with Crippen molar-refractivity contribution in [3.63, 3.8) is 0 Å². The van der Waals surface area contributed by atoms with Gasteiger partial charge in [0.05, 0.1) is 6.04 Å². The van der Waals surface area contributed by atoms with Gasteiger partial charge in [-0.15, -0.1) is 0 Å². The standard InChI is InChI=1S/C13H17N3O2/c1-8(12(14)16-18)15-13(17)11-7-10(11)9-5-3-2-4-6-9/h2-6,8,10-11,18H,7H2,1H3,(H2,14,16)(H,15,17). The minimum atomic E-state index is -0.445. The Morgan fingerprint density at radius 3 is 2.78 bits per heavy atom. The lowest BCUT2D eigenvalue weighted by Crippen LogP contribution is -2.43. The summed E-state index contributed by atoms with van der Waals surface area (Å²) in [6.07, 6.45) is 0.860. The number of amidine groups is 1. The first-order valence-electron chi connectivity index (χ1n) is 5.96. The molecule has 4 N–H and O–H groups in total. The van der Waals surface area contributed by atoms with Gasteiger partial charge in [0.15, 0.2) is 5.84 Å². The van der Waals surface area contributed by atoms with Crippen molar-refractivity contribution in [3.05, 3.63) is 35.9 Å². The molecular formula is C13H17N3O2. The molecule has 1 fully saturated rings. The number of benzene rings is 1. The Balaban J connectivity index is 1.90. The van der Waals surface area contributed by atoms with Gasteiger partial charge in [-0.3, -0.25) is 4.79 Å². The molecule has 0 bridgehead atoms. The van der Waals surface area contributed by atoms with Crippen molar-refractivity contribution in [2.24, 2.45) is 16.8 Å². The minimum Gasteiger partial charge on any atom is -0.409 e. The molecule has 1 amide bonds. The van der Waals surface area contributed by atoms with Crippen molar-refractivity contribution in [2.45, 2.75) is 25.3 Å². The highest BCUT2D eigenvalue weighted by atomic mass is 16.4. The van der Waals surface area contributed by atoms with E-state index in [2.05, 4.69) is 10.5 Å². The molecule has 0 radical (unpaired) electrons. The molecule has 96 valence electrons. The van der Waals surface area contributed by atoms with E-state index in [0.29, 0.717) is 5.92 Å². The van der Waals surface area contributed by atoms with Gasteiger partial charge in [0.2, 0.25) is 5.91 Å². The van der Waals surface area contributed by atoms with Gasteiger partial charge in [0, 0.05) is 5.92 Å². The molecule has 1 saturated carbocycles. The van der Waals surface area contributed by atoms with Crippen molar-refractivity contribution in [3.8, 4) is 0 Å². The largest absolute Gasteiger partial charge is 0.409 e. The average molecular weight is 247 g/mol. The SMILES string of the molecule is CC(NC(=O)C1CC1c1ccccc1)/C(N)=N/O. The summed E-state index contributed by atoms with van der Waals surface area (Å²) < 4.78 is 0. The van der Waals surface area contributed by atoms with Crippen molar-refractivity contribution < 1.29 is 10.0 Å². The molecule has 0 aromatic heterocycles. The third-order valence-electron chi connectivity index (χ3n) is 3.27. The van der Waals surface area contributed by atoms with E-state index in [1.54, 1.807) is 6.92 Å². The quantitative estimate of drug-likeness (QED) is 0.321. The van der Waals surface area contributed by atoms with Crippen LogP contribution in [0.25, 0.3) is 0 Å². The topological polar surface area (TPSA) is 87.7 Å². The number of nitrogens with two attached hydrogens (primary N) is 1. The van der Waals surface area contributed by atoms with Gasteiger partial charge < -0.3 is 16.3 Å². The number of rotatable bonds is 4. The van der Waals surface area contributed by atoms with E-state index in [-0.39, 0.29) is 17.7 Å². The fourth-order valence-corrected chi connectivity index (χ4v) is 2.03. The van der Waals surface area contributed by atoms with Gasteiger partial charge in [-0.05, 0) is 24.8 Å². The Hall–Kier alpha value is -2.04. The molecule has 1 aromatic rings. The van der Waals surface area contributed by atoms with Gasteiger partial charge in [-0.25, -0.2) is 0 Å². The van der Waals surface area contributed by atoms with E-state index in [1.807, 2.05) is 30.3 Å². The molecular weight excluding hydrogens is 230 g/mol. The Morgan fingerprint density at radius 2 is 2.17 bits per heavy atom. The molecule has 2 rings (SSSR count). The number of hydrogen-bond donors (Lipinski definition) is 3. The second kappa shape index (κ2) is 5.08. The van der Waals surface area contributed by atoms with Crippen LogP contribution in [-0.2, 0) is 4.79 Å². The highest BCUT2D eigenvalue weighted by Gasteiger charge is 2.44. The number of nitrogens with zero attached hydrogens (tertiary/aromatic N) is 1. The Labute approximate surface area is 106 Å². The summed E-state index contributed by atoms with van der Waals surface area (Å²) in [5.74, 6) is 0.273. The molecule has 1 aliphatic rings. The molecule has 0 heterocycles. The maximum absolute atomic E-state index is 11.9. The van der Waals surface area contributed by atoms with E-state index >= 15 is 0 Å². The van der Waals surface area contributed by atoms with Crippen molar-refractivity contribution in [1.82, 2.24) is 5.32 Å². The summed E-state index contributed by atoms with van der Waals surface area (Å²) >= 11 is 0. The molecule has 0 spiro atoms. The van der Waals surface area contributed by atoms with E-state index in [9.17, 15) is 4.79 Å². The molecule has 5 heteroatoms. The van der Waals surface area contributed by atoms with Crippen molar-refractivity contribution in [1.29, 1.82) is 0 Å². The lowest BCUT2D eigenvalue weighted by atomic mass is 10.1. The molecule has 3 atom stereocenters. The fourth-order valence-electron chi connectivity index (χ4n) is 2.03. The third-order valence-corrected chi connectivity index (χ3v) is 3.27. The maximum atomic E-state index is 11.9. The molecule has 0 aliphatic heterocycles. The zero-order chi connectivity index (χ0) is 13.1. The number of carbonyl (C=O) groups is 1. The van der Waals surface area contributed by atoms with Crippen LogP contribution in [-0.4, -0.2) is 23.0 Å². The fraction of sp³-hybridized carbons (Fsp3) is 0.385. The lowest BCUT2D eigenvalue weighted by Gasteiger charge is -2.11. The Bertz CT molecular complexity index is 459. The van der Waals surface area contributed by atoms with Crippen LogP contribution in [0.3, 0.4) is 0 Å².